The molecule has 0 spiro atoms. The van der Waals surface area contributed by atoms with Gasteiger partial charge in [0.1, 0.15) is 24.7 Å². The molecule has 166 valence electrons. The van der Waals surface area contributed by atoms with Gasteiger partial charge in [-0.3, -0.25) is 9.59 Å². The van der Waals surface area contributed by atoms with Crippen LogP contribution < -0.4 is 14.8 Å². The van der Waals surface area contributed by atoms with Crippen LogP contribution in [-0.2, 0) is 11.2 Å². The van der Waals surface area contributed by atoms with Crippen molar-refractivity contribution in [2.75, 3.05) is 32.6 Å². The monoisotopic (exact) mass is 432 g/mol. The van der Waals surface area contributed by atoms with E-state index in [1.54, 1.807) is 43.3 Å². The lowest BCUT2D eigenvalue weighted by molar-refractivity contribution is -0.128. The average molecular weight is 433 g/mol. The third kappa shape index (κ3) is 7.16. The van der Waals surface area contributed by atoms with Gasteiger partial charge in [0, 0.05) is 31.8 Å². The van der Waals surface area contributed by atoms with Crippen molar-refractivity contribution in [1.29, 1.82) is 0 Å². The van der Waals surface area contributed by atoms with Crippen LogP contribution >= 0.6 is 0 Å². The zero-order valence-electron chi connectivity index (χ0n) is 18.4. The number of carbonyl (C=O) groups is 2. The smallest absolute Gasteiger partial charge is 0.255 e. The first-order valence-corrected chi connectivity index (χ1v) is 10.5. The average Bonchev–Trinajstić information content (AvgIpc) is 2.82. The molecule has 0 radical (unpaired) electrons. The highest BCUT2D eigenvalue weighted by molar-refractivity contribution is 6.04. The molecule has 2 amide bonds. The van der Waals surface area contributed by atoms with Crippen molar-refractivity contribution in [2.45, 2.75) is 12.8 Å². The van der Waals surface area contributed by atoms with E-state index >= 15 is 0 Å². The minimum absolute atomic E-state index is 0.0959. The highest BCUT2D eigenvalue weighted by Gasteiger charge is 2.08. The Morgan fingerprint density at radius 1 is 0.781 bits per heavy atom. The molecule has 0 atom stereocenters. The number of hydrogen-bond acceptors (Lipinski definition) is 4. The Hall–Kier alpha value is -3.80. The SMILES string of the molecule is CN(C)C(=O)CCc1ccc(NC(=O)c2ccc(OCCOc3ccccc3)cc2)cc1. The lowest BCUT2D eigenvalue weighted by atomic mass is 10.1. The molecule has 6 heteroatoms. The van der Waals surface area contributed by atoms with E-state index < -0.39 is 0 Å². The second-order valence-electron chi connectivity index (χ2n) is 7.47. The van der Waals surface area contributed by atoms with E-state index in [1.807, 2.05) is 54.6 Å². The third-order valence-corrected chi connectivity index (χ3v) is 4.82. The first kappa shape index (κ1) is 22.9. The second kappa shape index (κ2) is 11.6. The van der Waals surface area contributed by atoms with Crippen LogP contribution in [0.1, 0.15) is 22.3 Å². The molecule has 0 unspecified atom stereocenters. The van der Waals surface area contributed by atoms with Gasteiger partial charge in [-0.15, -0.1) is 0 Å². The molecule has 1 N–H and O–H groups in total. The van der Waals surface area contributed by atoms with E-state index in [0.29, 0.717) is 43.1 Å². The molecule has 0 aliphatic carbocycles. The molecule has 0 saturated carbocycles. The van der Waals surface area contributed by atoms with E-state index in [1.165, 1.54) is 0 Å². The topological polar surface area (TPSA) is 67.9 Å². The Balaban J connectivity index is 1.43. The van der Waals surface area contributed by atoms with Crippen LogP contribution in [0.25, 0.3) is 0 Å². The quantitative estimate of drug-likeness (QED) is 0.482. The summed E-state index contributed by atoms with van der Waals surface area (Å²) in [6, 6.07) is 24.1. The van der Waals surface area contributed by atoms with Gasteiger partial charge in [-0.1, -0.05) is 30.3 Å². The van der Waals surface area contributed by atoms with Crippen molar-refractivity contribution < 1.29 is 19.1 Å². The second-order valence-corrected chi connectivity index (χ2v) is 7.47. The van der Waals surface area contributed by atoms with Gasteiger partial charge in [0.05, 0.1) is 0 Å². The number of benzene rings is 3. The normalized spacial score (nSPS) is 10.3. The number of amides is 2. The fourth-order valence-corrected chi connectivity index (χ4v) is 2.97. The number of ether oxygens (including phenoxy) is 2. The Bertz CT molecular complexity index is 1000. The summed E-state index contributed by atoms with van der Waals surface area (Å²) >= 11 is 0. The Labute approximate surface area is 188 Å². The molecular formula is C26H28N2O4. The fourth-order valence-electron chi connectivity index (χ4n) is 2.97. The highest BCUT2D eigenvalue weighted by Crippen LogP contribution is 2.16. The number of carbonyl (C=O) groups excluding carboxylic acids is 2. The van der Waals surface area contributed by atoms with Crippen molar-refractivity contribution in [3.8, 4) is 11.5 Å². The summed E-state index contributed by atoms with van der Waals surface area (Å²) in [5.74, 6) is 1.38. The molecule has 3 aromatic rings. The number of para-hydroxylation sites is 1. The summed E-state index contributed by atoms with van der Waals surface area (Å²) in [6.45, 7) is 0.846. The molecule has 0 aliphatic rings. The van der Waals surface area contributed by atoms with Crippen LogP contribution in [0.5, 0.6) is 11.5 Å². The number of nitrogens with zero attached hydrogens (tertiary/aromatic N) is 1. The van der Waals surface area contributed by atoms with Crippen LogP contribution in [0.15, 0.2) is 78.9 Å². The predicted octanol–water partition coefficient (Wildman–Crippen LogP) is 4.42. The van der Waals surface area contributed by atoms with E-state index in [0.717, 1.165) is 11.3 Å². The Morgan fingerprint density at radius 3 is 1.97 bits per heavy atom. The molecule has 0 saturated heterocycles. The van der Waals surface area contributed by atoms with E-state index in [4.69, 9.17) is 9.47 Å². The Morgan fingerprint density at radius 2 is 1.38 bits per heavy atom. The number of rotatable bonds is 10. The van der Waals surface area contributed by atoms with E-state index in [9.17, 15) is 9.59 Å². The van der Waals surface area contributed by atoms with Crippen LogP contribution in [-0.4, -0.2) is 44.0 Å². The summed E-state index contributed by atoms with van der Waals surface area (Å²) in [5, 5.41) is 2.88. The lowest BCUT2D eigenvalue weighted by Crippen LogP contribution is -2.21. The highest BCUT2D eigenvalue weighted by atomic mass is 16.5. The van der Waals surface area contributed by atoms with Crippen molar-refractivity contribution in [2.24, 2.45) is 0 Å². The number of hydrogen-bond donors (Lipinski definition) is 1. The van der Waals surface area contributed by atoms with Gasteiger partial charge in [0.15, 0.2) is 0 Å². The molecule has 0 aromatic heterocycles. The molecule has 0 bridgehead atoms. The lowest BCUT2D eigenvalue weighted by Gasteiger charge is -2.11. The molecule has 0 aliphatic heterocycles. The zero-order valence-corrected chi connectivity index (χ0v) is 18.4. The zero-order chi connectivity index (χ0) is 22.8. The van der Waals surface area contributed by atoms with Crippen molar-refractivity contribution in [3.05, 3.63) is 90.0 Å². The van der Waals surface area contributed by atoms with Gasteiger partial charge in [-0.05, 0) is 60.5 Å². The molecule has 0 heterocycles. The van der Waals surface area contributed by atoms with Crippen LogP contribution in [0.2, 0.25) is 0 Å². The first-order chi connectivity index (χ1) is 15.5. The third-order valence-electron chi connectivity index (χ3n) is 4.82. The number of nitrogens with one attached hydrogen (secondary N) is 1. The van der Waals surface area contributed by atoms with Crippen molar-refractivity contribution in [3.63, 3.8) is 0 Å². The van der Waals surface area contributed by atoms with Gasteiger partial charge in [0.2, 0.25) is 5.91 Å². The van der Waals surface area contributed by atoms with Gasteiger partial charge in [-0.25, -0.2) is 0 Å². The predicted molar refractivity (Wildman–Crippen MR) is 125 cm³/mol. The van der Waals surface area contributed by atoms with Crippen molar-refractivity contribution >= 4 is 17.5 Å². The largest absolute Gasteiger partial charge is 0.490 e. The molecule has 3 rings (SSSR count). The molecule has 0 fully saturated rings. The summed E-state index contributed by atoms with van der Waals surface area (Å²) in [6.07, 6.45) is 1.13. The van der Waals surface area contributed by atoms with Crippen LogP contribution in [0.4, 0.5) is 5.69 Å². The summed E-state index contributed by atoms with van der Waals surface area (Å²) < 4.78 is 11.3. The summed E-state index contributed by atoms with van der Waals surface area (Å²) in [7, 11) is 3.50. The molecule has 6 nitrogen and oxygen atoms in total. The van der Waals surface area contributed by atoms with Gasteiger partial charge < -0.3 is 19.7 Å². The molecular weight excluding hydrogens is 404 g/mol. The summed E-state index contributed by atoms with van der Waals surface area (Å²) in [4.78, 5) is 25.8. The Kier molecular flexibility index (Phi) is 8.26. The number of aryl methyl sites for hydroxylation is 1. The van der Waals surface area contributed by atoms with Crippen LogP contribution in [0, 0.1) is 0 Å². The molecule has 32 heavy (non-hydrogen) atoms. The van der Waals surface area contributed by atoms with E-state index in [2.05, 4.69) is 5.32 Å². The van der Waals surface area contributed by atoms with Crippen molar-refractivity contribution in [1.82, 2.24) is 4.90 Å². The molecule has 3 aromatic carbocycles. The minimum atomic E-state index is -0.195. The summed E-state index contributed by atoms with van der Waals surface area (Å²) in [5.41, 5.74) is 2.30. The van der Waals surface area contributed by atoms with Gasteiger partial charge >= 0.3 is 0 Å². The maximum atomic E-state index is 12.5. The van der Waals surface area contributed by atoms with Gasteiger partial charge in [-0.2, -0.15) is 0 Å². The van der Waals surface area contributed by atoms with E-state index in [-0.39, 0.29) is 11.8 Å². The number of anilines is 1. The maximum absolute atomic E-state index is 12.5. The first-order valence-electron chi connectivity index (χ1n) is 10.5. The fraction of sp³-hybridized carbons (Fsp3) is 0.231. The minimum Gasteiger partial charge on any atom is -0.490 e. The standard InChI is InChI=1S/C26H28N2O4/c1-28(2)25(29)17-10-20-8-13-22(14-9-20)27-26(30)21-11-15-24(16-12-21)32-19-18-31-23-6-4-3-5-7-23/h3-9,11-16H,10,17-19H2,1-2H3,(H,27,30). The van der Waals surface area contributed by atoms with Gasteiger partial charge in [0.25, 0.3) is 5.91 Å². The maximum Gasteiger partial charge on any atom is 0.255 e. The van der Waals surface area contributed by atoms with Crippen LogP contribution in [0.3, 0.4) is 0 Å².